The van der Waals surface area contributed by atoms with E-state index in [1.807, 2.05) is 0 Å². The summed E-state index contributed by atoms with van der Waals surface area (Å²) < 4.78 is 0. The molecule has 0 radical (unpaired) electrons. The van der Waals surface area contributed by atoms with Crippen molar-refractivity contribution < 1.29 is 5.11 Å². The number of aliphatic hydroxyl groups is 1. The molecule has 6 aliphatic rings. The van der Waals surface area contributed by atoms with Gasteiger partial charge in [-0.3, -0.25) is 0 Å². The summed E-state index contributed by atoms with van der Waals surface area (Å²) >= 11 is 0. The van der Waals surface area contributed by atoms with Crippen LogP contribution in [-0.4, -0.2) is 10.7 Å². The van der Waals surface area contributed by atoms with E-state index in [1.54, 1.807) is 0 Å². The predicted molar refractivity (Wildman–Crippen MR) is 34.0 cm³/mol. The third kappa shape index (κ3) is 0.137. The normalized spacial score (nSPS) is 97.5. The molecule has 10 heavy (non-hydrogen) atoms. The Balaban J connectivity index is 1.92. The molecule has 1 heteroatoms. The summed E-state index contributed by atoms with van der Waals surface area (Å²) in [5.74, 6) is 6.89. The maximum Gasteiger partial charge on any atom is 0.0718 e. The summed E-state index contributed by atoms with van der Waals surface area (Å²) in [5.41, 5.74) is -0.0839. The SMILES string of the molecule is OC12CC3C4C5C3C1C5C42. The molecule has 0 heterocycles. The topological polar surface area (TPSA) is 20.2 Å². The Morgan fingerprint density at radius 1 is 1.00 bits per heavy atom. The van der Waals surface area contributed by atoms with Crippen molar-refractivity contribution in [1.82, 2.24) is 0 Å². The molecule has 1 nitrogen and oxygen atoms in total. The summed E-state index contributed by atoms with van der Waals surface area (Å²) in [4.78, 5) is 0. The van der Waals surface area contributed by atoms with Gasteiger partial charge >= 0.3 is 0 Å². The first kappa shape index (κ1) is 4.10. The summed E-state index contributed by atoms with van der Waals surface area (Å²) in [5, 5.41) is 10.1. The lowest BCUT2D eigenvalue weighted by atomic mass is 9.19. The maximum atomic E-state index is 10.1. The summed E-state index contributed by atoms with van der Waals surface area (Å²) in [6.45, 7) is 0. The predicted octanol–water partition coefficient (Wildman–Crippen LogP) is 0.489. The zero-order chi connectivity index (χ0) is 6.25. The molecule has 0 aromatic heterocycles. The van der Waals surface area contributed by atoms with E-state index < -0.39 is 0 Å². The van der Waals surface area contributed by atoms with Crippen LogP contribution in [0.1, 0.15) is 6.42 Å². The van der Waals surface area contributed by atoms with Crippen LogP contribution in [0.3, 0.4) is 0 Å². The van der Waals surface area contributed by atoms with Gasteiger partial charge in [-0.25, -0.2) is 0 Å². The van der Waals surface area contributed by atoms with Gasteiger partial charge in [-0.1, -0.05) is 0 Å². The minimum absolute atomic E-state index is 0.0839. The van der Waals surface area contributed by atoms with Gasteiger partial charge < -0.3 is 5.11 Å². The highest BCUT2D eigenvalue weighted by molar-refractivity contribution is 5.43. The molecule has 0 aromatic rings. The molecule has 0 saturated heterocycles. The number of hydrogen-bond acceptors (Lipinski definition) is 1. The van der Waals surface area contributed by atoms with Crippen molar-refractivity contribution in [2.75, 3.05) is 0 Å². The molecule has 0 spiro atoms. The minimum atomic E-state index is -0.0839. The van der Waals surface area contributed by atoms with E-state index in [4.69, 9.17) is 0 Å². The average Bonchev–Trinajstić information content (AvgIpc) is 2.09. The molecule has 0 amide bonds. The summed E-state index contributed by atoms with van der Waals surface area (Å²) in [6, 6.07) is 0. The Bertz CT molecular complexity index is 252. The second-order valence-corrected chi connectivity index (χ2v) is 5.22. The van der Waals surface area contributed by atoms with Gasteiger partial charge in [0, 0.05) is 0 Å². The van der Waals surface area contributed by atoms with Crippen LogP contribution in [0, 0.1) is 41.4 Å². The van der Waals surface area contributed by atoms with E-state index >= 15 is 0 Å². The Hall–Kier alpha value is -0.0400. The summed E-state index contributed by atoms with van der Waals surface area (Å²) in [6.07, 6.45) is 1.20. The van der Waals surface area contributed by atoms with Crippen molar-refractivity contribution >= 4 is 0 Å². The Labute approximate surface area is 59.4 Å². The Morgan fingerprint density at radius 3 is 2.10 bits per heavy atom. The van der Waals surface area contributed by atoms with Gasteiger partial charge in [-0.15, -0.1) is 0 Å². The average molecular weight is 134 g/mol. The lowest BCUT2D eigenvalue weighted by molar-refractivity contribution is -0.423. The van der Waals surface area contributed by atoms with Crippen LogP contribution < -0.4 is 0 Å². The number of hydrogen-bond donors (Lipinski definition) is 1. The smallest absolute Gasteiger partial charge is 0.0718 e. The molecule has 1 N–H and O–H groups in total. The quantitative estimate of drug-likeness (QED) is 0.511. The van der Waals surface area contributed by atoms with Gasteiger partial charge in [0.25, 0.3) is 0 Å². The van der Waals surface area contributed by atoms with Crippen molar-refractivity contribution in [1.29, 1.82) is 0 Å². The number of rotatable bonds is 0. The standard InChI is InChI=1S/C9H10O/c10-9-1-2-3-5-4(2)8(9)6(5)7(3)9/h2-8,10H,1H2. The molecule has 6 rings (SSSR count). The van der Waals surface area contributed by atoms with Crippen molar-refractivity contribution in [3.05, 3.63) is 0 Å². The zero-order valence-corrected chi connectivity index (χ0v) is 5.70. The second kappa shape index (κ2) is 0.726. The lowest BCUT2D eigenvalue weighted by Crippen LogP contribution is -2.87. The summed E-state index contributed by atoms with van der Waals surface area (Å²) in [7, 11) is 0. The molecular weight excluding hydrogens is 124 g/mol. The monoisotopic (exact) mass is 134 g/mol. The second-order valence-electron chi connectivity index (χ2n) is 5.22. The van der Waals surface area contributed by atoms with Crippen LogP contribution in [-0.2, 0) is 0 Å². The first-order chi connectivity index (χ1) is 4.84. The largest absolute Gasteiger partial charge is 0.389 e. The van der Waals surface area contributed by atoms with E-state index in [1.165, 1.54) is 6.42 Å². The van der Waals surface area contributed by atoms with Gasteiger partial charge in [-0.2, -0.15) is 0 Å². The minimum Gasteiger partial charge on any atom is -0.389 e. The van der Waals surface area contributed by atoms with Crippen molar-refractivity contribution in [2.45, 2.75) is 12.0 Å². The van der Waals surface area contributed by atoms with E-state index in [0.29, 0.717) is 0 Å². The van der Waals surface area contributed by atoms with E-state index in [2.05, 4.69) is 0 Å². The maximum absolute atomic E-state index is 10.1. The van der Waals surface area contributed by atoms with Crippen LogP contribution in [0.4, 0.5) is 0 Å². The van der Waals surface area contributed by atoms with Crippen molar-refractivity contribution in [2.24, 2.45) is 41.4 Å². The fourth-order valence-corrected chi connectivity index (χ4v) is 5.75. The van der Waals surface area contributed by atoms with Crippen LogP contribution in [0.15, 0.2) is 0 Å². The first-order valence-corrected chi connectivity index (χ1v) is 4.56. The molecule has 2 bridgehead atoms. The van der Waals surface area contributed by atoms with Gasteiger partial charge in [0.15, 0.2) is 0 Å². The Morgan fingerprint density at radius 2 is 1.70 bits per heavy atom. The zero-order valence-electron chi connectivity index (χ0n) is 5.70. The van der Waals surface area contributed by atoms with Gasteiger partial charge in [0.2, 0.25) is 0 Å². The van der Waals surface area contributed by atoms with Crippen LogP contribution in [0.2, 0.25) is 0 Å². The first-order valence-electron chi connectivity index (χ1n) is 4.56. The molecule has 6 saturated carbocycles. The molecule has 6 fully saturated rings. The molecular formula is C9H10O. The third-order valence-electron chi connectivity index (χ3n) is 5.70. The highest BCUT2D eigenvalue weighted by Crippen LogP contribution is 2.95. The molecule has 52 valence electrons. The molecule has 4 unspecified atom stereocenters. The van der Waals surface area contributed by atoms with Gasteiger partial charge in [0.05, 0.1) is 5.60 Å². The van der Waals surface area contributed by atoms with Gasteiger partial charge in [-0.05, 0) is 47.8 Å². The molecule has 0 aliphatic heterocycles. The van der Waals surface area contributed by atoms with E-state index in [0.717, 1.165) is 41.4 Å². The lowest BCUT2D eigenvalue weighted by Gasteiger charge is -2.86. The third-order valence-corrected chi connectivity index (χ3v) is 5.70. The van der Waals surface area contributed by atoms with Gasteiger partial charge in [0.1, 0.15) is 0 Å². The Kier molecular flexibility index (Phi) is 0.298. The van der Waals surface area contributed by atoms with Crippen LogP contribution in [0.5, 0.6) is 0 Å². The van der Waals surface area contributed by atoms with Crippen LogP contribution >= 0.6 is 0 Å². The molecule has 4 atom stereocenters. The molecule has 6 aliphatic carbocycles. The fourth-order valence-electron chi connectivity index (χ4n) is 5.75. The fraction of sp³-hybridized carbons (Fsp3) is 1.00. The highest BCUT2D eigenvalue weighted by Gasteiger charge is 2.96. The van der Waals surface area contributed by atoms with E-state index in [9.17, 15) is 5.11 Å². The van der Waals surface area contributed by atoms with Crippen molar-refractivity contribution in [3.63, 3.8) is 0 Å². The van der Waals surface area contributed by atoms with Crippen LogP contribution in [0.25, 0.3) is 0 Å². The highest BCUT2D eigenvalue weighted by atomic mass is 16.3. The van der Waals surface area contributed by atoms with Crippen molar-refractivity contribution in [3.8, 4) is 0 Å². The van der Waals surface area contributed by atoms with E-state index in [-0.39, 0.29) is 5.60 Å². The molecule has 0 aromatic carbocycles.